The van der Waals surface area contributed by atoms with E-state index in [1.54, 1.807) is 33.8 Å². The molecule has 2 aromatic carbocycles. The minimum Gasteiger partial charge on any atom is -0.511 e. The predicted molar refractivity (Wildman–Crippen MR) is 164 cm³/mol. The average molecular weight is 601 g/mol. The van der Waals surface area contributed by atoms with Gasteiger partial charge in [0.1, 0.15) is 28.6 Å². The lowest BCUT2D eigenvalue weighted by atomic mass is 9.44. The molecule has 232 valence electrons. The second-order valence-electron chi connectivity index (χ2n) is 13.6. The van der Waals surface area contributed by atoms with Crippen LogP contribution in [0.1, 0.15) is 88.7 Å². The minimum absolute atomic E-state index is 0.0234. The van der Waals surface area contributed by atoms with Crippen molar-refractivity contribution in [1.82, 2.24) is 0 Å². The van der Waals surface area contributed by atoms with Crippen LogP contribution in [0.15, 0.2) is 59.1 Å². The van der Waals surface area contributed by atoms with Crippen LogP contribution >= 0.6 is 0 Å². The molecule has 8 nitrogen and oxygen atoms in total. The Morgan fingerprint density at radius 1 is 0.977 bits per heavy atom. The lowest BCUT2D eigenvalue weighted by molar-refractivity contribution is -0.171. The first-order chi connectivity index (χ1) is 20.5. The Hall–Kier alpha value is -4.04. The van der Waals surface area contributed by atoms with Gasteiger partial charge in [0, 0.05) is 34.7 Å². The third-order valence-electron chi connectivity index (χ3n) is 10.4. The van der Waals surface area contributed by atoms with Gasteiger partial charge in [-0.2, -0.15) is 0 Å². The maximum absolute atomic E-state index is 14.3. The van der Waals surface area contributed by atoms with E-state index in [1.807, 2.05) is 38.1 Å². The van der Waals surface area contributed by atoms with Crippen molar-refractivity contribution in [3.8, 4) is 16.9 Å². The van der Waals surface area contributed by atoms with Crippen LogP contribution in [-0.2, 0) is 20.8 Å². The number of Topliss-reactive ketones (excluding diaryl/α,β-unsaturated/α-hetero) is 4. The van der Waals surface area contributed by atoms with Gasteiger partial charge in [0.05, 0.1) is 5.56 Å². The van der Waals surface area contributed by atoms with Gasteiger partial charge in [-0.05, 0) is 54.0 Å². The molecular formula is C36H40O8. The van der Waals surface area contributed by atoms with E-state index in [0.29, 0.717) is 17.5 Å². The molecule has 44 heavy (non-hydrogen) atoms. The van der Waals surface area contributed by atoms with Gasteiger partial charge in [-0.15, -0.1) is 0 Å². The summed E-state index contributed by atoms with van der Waals surface area (Å²) in [6.45, 7) is 11.8. The van der Waals surface area contributed by atoms with E-state index < -0.39 is 56.8 Å². The molecule has 0 saturated carbocycles. The largest absolute Gasteiger partial charge is 0.511 e. The molecule has 2 aromatic rings. The number of hydrogen-bond acceptors (Lipinski definition) is 8. The number of carbonyl (C=O) groups excluding carboxylic acids is 4. The number of hydrogen-bond donors (Lipinski definition) is 4. The molecule has 4 N–H and O–H groups in total. The van der Waals surface area contributed by atoms with Crippen molar-refractivity contribution in [3.63, 3.8) is 0 Å². The summed E-state index contributed by atoms with van der Waals surface area (Å²) in [5.74, 6) is -5.52. The molecule has 0 fully saturated rings. The van der Waals surface area contributed by atoms with E-state index in [9.17, 15) is 39.6 Å². The number of phenols is 1. The maximum atomic E-state index is 14.3. The third-order valence-corrected chi connectivity index (χ3v) is 10.4. The fourth-order valence-electron chi connectivity index (χ4n) is 8.45. The summed E-state index contributed by atoms with van der Waals surface area (Å²) < 4.78 is 0. The molecule has 0 saturated heterocycles. The normalized spacial score (nSPS) is 28.9. The molecule has 0 amide bonds. The first-order valence-electron chi connectivity index (χ1n) is 15.1. The van der Waals surface area contributed by atoms with Crippen molar-refractivity contribution < 1.29 is 39.6 Å². The van der Waals surface area contributed by atoms with Gasteiger partial charge in [-0.1, -0.05) is 71.9 Å². The van der Waals surface area contributed by atoms with Crippen LogP contribution in [0.3, 0.4) is 0 Å². The van der Waals surface area contributed by atoms with Crippen LogP contribution in [0.2, 0.25) is 0 Å². The summed E-state index contributed by atoms with van der Waals surface area (Å²) in [4.78, 5) is 52.9. The molecule has 8 heteroatoms. The fraction of sp³-hybridized carbons (Fsp3) is 0.444. The summed E-state index contributed by atoms with van der Waals surface area (Å²) in [5.41, 5.74) is -3.14. The molecule has 0 spiro atoms. The van der Waals surface area contributed by atoms with Crippen molar-refractivity contribution in [2.24, 2.45) is 22.7 Å². The molecule has 5 rings (SSSR count). The first kappa shape index (κ1) is 31.4. The van der Waals surface area contributed by atoms with Crippen LogP contribution in [0.25, 0.3) is 11.1 Å². The number of ketones is 4. The zero-order valence-corrected chi connectivity index (χ0v) is 26.2. The quantitative estimate of drug-likeness (QED) is 0.291. The number of aliphatic hydroxyl groups excluding tert-OH is 2. The molecule has 3 aliphatic rings. The van der Waals surface area contributed by atoms with Crippen molar-refractivity contribution in [2.45, 2.75) is 79.2 Å². The van der Waals surface area contributed by atoms with Crippen LogP contribution in [0.4, 0.5) is 0 Å². The second-order valence-corrected chi connectivity index (χ2v) is 13.6. The van der Waals surface area contributed by atoms with Crippen molar-refractivity contribution in [3.05, 3.63) is 75.8 Å². The number of allylic oxidation sites excluding steroid dienone is 2. The lowest BCUT2D eigenvalue weighted by Gasteiger charge is -2.59. The summed E-state index contributed by atoms with van der Waals surface area (Å²) >= 11 is 0. The summed E-state index contributed by atoms with van der Waals surface area (Å²) in [7, 11) is 0. The first-order valence-corrected chi connectivity index (χ1v) is 15.1. The van der Waals surface area contributed by atoms with E-state index >= 15 is 0 Å². The Labute approximate surface area is 257 Å². The van der Waals surface area contributed by atoms with E-state index in [2.05, 4.69) is 0 Å². The smallest absolute Gasteiger partial charge is 0.209 e. The molecule has 0 heterocycles. The second kappa shape index (κ2) is 10.3. The Morgan fingerprint density at radius 3 is 2.14 bits per heavy atom. The van der Waals surface area contributed by atoms with E-state index in [0.717, 1.165) is 18.1 Å². The number of phenolic OH excluding ortho intramolecular Hbond substituents is 1. The van der Waals surface area contributed by atoms with Gasteiger partial charge in [-0.3, -0.25) is 19.2 Å². The van der Waals surface area contributed by atoms with Crippen molar-refractivity contribution in [1.29, 1.82) is 0 Å². The molecular weight excluding hydrogens is 560 g/mol. The molecule has 2 unspecified atom stereocenters. The Morgan fingerprint density at radius 2 is 1.59 bits per heavy atom. The molecule has 3 aliphatic carbocycles. The van der Waals surface area contributed by atoms with Crippen LogP contribution < -0.4 is 0 Å². The average Bonchev–Trinajstić information content (AvgIpc) is 2.94. The van der Waals surface area contributed by atoms with Gasteiger partial charge < -0.3 is 20.4 Å². The van der Waals surface area contributed by atoms with Gasteiger partial charge in [0.25, 0.3) is 0 Å². The highest BCUT2D eigenvalue weighted by Crippen LogP contribution is 2.65. The standard InChI is InChI=1S/C36H40O8/c1-8-24(38)18(4)20-9-11-21(12-10-20)22-13-14-25(39)27-23(22)15-34(6)16-35(7)28(17(2)3)30(40)26(19(5)37)32(42)36(35,44)33(43)29(34)31(27)41/h9-14,17-18,28,39-40,43-44H,8,15-16H2,1-7H3/t18?,28?,34-,35-,36+/m1/s1. The minimum atomic E-state index is -2.65. The number of aromatic hydroxyl groups is 1. The summed E-state index contributed by atoms with van der Waals surface area (Å²) in [5, 5.41) is 46.3. The summed E-state index contributed by atoms with van der Waals surface area (Å²) in [6, 6.07) is 10.6. The van der Waals surface area contributed by atoms with Crippen LogP contribution in [0, 0.1) is 22.7 Å². The summed E-state index contributed by atoms with van der Waals surface area (Å²) in [6.07, 6.45) is 0.632. The van der Waals surface area contributed by atoms with Crippen molar-refractivity contribution in [2.75, 3.05) is 0 Å². The van der Waals surface area contributed by atoms with Gasteiger partial charge >= 0.3 is 0 Å². The van der Waals surface area contributed by atoms with Crippen molar-refractivity contribution >= 4 is 23.1 Å². The van der Waals surface area contributed by atoms with E-state index in [4.69, 9.17) is 0 Å². The predicted octanol–water partition coefficient (Wildman–Crippen LogP) is 6.10. The maximum Gasteiger partial charge on any atom is 0.209 e. The SMILES string of the molecule is CCC(=O)C(C)c1ccc(-c2ccc(O)c3c2C[C@]2(C)C[C@]4(C)C(C(C)C)C(O)=C(C(C)=O)C(=O)[C@]4(O)C(O)=C2C3=O)cc1. The number of aliphatic hydroxyl groups is 3. The van der Waals surface area contributed by atoms with Gasteiger partial charge in [0.2, 0.25) is 5.78 Å². The lowest BCUT2D eigenvalue weighted by Crippen LogP contribution is -2.67. The fourth-order valence-corrected chi connectivity index (χ4v) is 8.45. The van der Waals surface area contributed by atoms with E-state index in [1.165, 1.54) is 6.07 Å². The highest BCUT2D eigenvalue weighted by Gasteiger charge is 2.71. The number of carbonyl (C=O) groups is 4. The molecule has 0 aliphatic heterocycles. The highest BCUT2D eigenvalue weighted by molar-refractivity contribution is 6.25. The number of rotatable bonds is 6. The topological polar surface area (TPSA) is 149 Å². The van der Waals surface area contributed by atoms with E-state index in [-0.39, 0.29) is 47.3 Å². The van der Waals surface area contributed by atoms with Crippen LogP contribution in [-0.4, -0.2) is 49.2 Å². The zero-order chi connectivity index (χ0) is 32.7. The third kappa shape index (κ3) is 4.06. The molecule has 0 aromatic heterocycles. The zero-order valence-electron chi connectivity index (χ0n) is 26.2. The Bertz CT molecular complexity index is 1690. The molecule has 0 radical (unpaired) electrons. The van der Waals surface area contributed by atoms with Gasteiger partial charge in [0.15, 0.2) is 17.2 Å². The monoisotopic (exact) mass is 600 g/mol. The molecule has 0 bridgehead atoms. The molecule has 5 atom stereocenters. The highest BCUT2D eigenvalue weighted by atomic mass is 16.3. The Balaban J connectivity index is 1.72. The Kier molecular flexibility index (Phi) is 7.32. The van der Waals surface area contributed by atoms with Crippen LogP contribution in [0.5, 0.6) is 5.75 Å². The van der Waals surface area contributed by atoms with Gasteiger partial charge in [-0.25, -0.2) is 0 Å². The number of benzene rings is 2. The number of fused-ring (bicyclic) bond motifs is 3.